The number of thiophene rings is 1. The van der Waals surface area contributed by atoms with Gasteiger partial charge in [0.1, 0.15) is 4.21 Å². The van der Waals surface area contributed by atoms with Crippen LogP contribution >= 0.6 is 27.3 Å². The third kappa shape index (κ3) is 3.82. The van der Waals surface area contributed by atoms with E-state index >= 15 is 0 Å². The second-order valence-corrected chi connectivity index (χ2v) is 8.09. The molecule has 1 aromatic carbocycles. The van der Waals surface area contributed by atoms with E-state index in [1.165, 1.54) is 11.3 Å². The highest BCUT2D eigenvalue weighted by Gasteiger charge is 2.17. The number of likely N-dealkylation sites (N-methyl/N-ethyl adjacent to an activating group) is 1. The van der Waals surface area contributed by atoms with E-state index in [9.17, 15) is 8.42 Å². The molecule has 0 aliphatic carbocycles. The monoisotopic (exact) mass is 374 g/mol. The summed E-state index contributed by atoms with van der Waals surface area (Å²) in [5.74, 6) is 0. The van der Waals surface area contributed by atoms with Crippen LogP contribution in [0.5, 0.6) is 0 Å². The van der Waals surface area contributed by atoms with E-state index in [0.29, 0.717) is 9.90 Å². The van der Waals surface area contributed by atoms with Gasteiger partial charge in [0.15, 0.2) is 0 Å². The van der Waals surface area contributed by atoms with Crippen molar-refractivity contribution in [3.05, 3.63) is 45.7 Å². The Balaban J connectivity index is 2.18. The summed E-state index contributed by atoms with van der Waals surface area (Å²) in [7, 11) is -1.65. The fourth-order valence-electron chi connectivity index (χ4n) is 1.62. The molecule has 2 aromatic rings. The number of sulfonamides is 1. The second-order valence-electron chi connectivity index (χ2n) is 4.16. The lowest BCUT2D eigenvalue weighted by Crippen LogP contribution is -2.11. The third-order valence-electron chi connectivity index (χ3n) is 2.64. The molecule has 0 aliphatic heterocycles. The molecule has 0 unspecified atom stereocenters. The lowest BCUT2D eigenvalue weighted by molar-refractivity contribution is 0.603. The molecule has 0 amide bonds. The minimum atomic E-state index is -3.52. The predicted octanol–water partition coefficient (Wildman–Crippen LogP) is 3.07. The fourth-order valence-corrected chi connectivity index (χ4v) is 4.57. The Kier molecular flexibility index (Phi) is 5.20. The molecule has 0 bridgehead atoms. The van der Waals surface area contributed by atoms with E-state index in [0.717, 1.165) is 22.3 Å². The average Bonchev–Trinajstić information content (AvgIpc) is 2.88. The molecular weight excluding hydrogens is 360 g/mol. The summed E-state index contributed by atoms with van der Waals surface area (Å²) in [4.78, 5) is 1.05. The van der Waals surface area contributed by atoms with E-state index in [1.807, 2.05) is 19.2 Å². The molecule has 20 heavy (non-hydrogen) atoms. The van der Waals surface area contributed by atoms with E-state index < -0.39 is 10.0 Å². The normalized spacial score (nSPS) is 11.5. The first-order valence-corrected chi connectivity index (χ1v) is 9.13. The Morgan fingerprint density at radius 1 is 1.20 bits per heavy atom. The number of hydrogen-bond acceptors (Lipinski definition) is 4. The number of benzene rings is 1. The van der Waals surface area contributed by atoms with E-state index in [-0.39, 0.29) is 0 Å². The number of para-hydroxylation sites is 1. The summed E-state index contributed by atoms with van der Waals surface area (Å²) in [6, 6.07) is 10.6. The molecule has 0 atom stereocenters. The van der Waals surface area contributed by atoms with Crippen molar-refractivity contribution in [2.75, 3.05) is 18.3 Å². The minimum absolute atomic E-state index is 0.333. The van der Waals surface area contributed by atoms with Crippen LogP contribution in [0.4, 0.5) is 5.69 Å². The summed E-state index contributed by atoms with van der Waals surface area (Å²) in [6.45, 7) is 0.831. The van der Waals surface area contributed by atoms with Crippen LogP contribution in [0.15, 0.2) is 45.1 Å². The van der Waals surface area contributed by atoms with Gasteiger partial charge in [0.2, 0.25) is 0 Å². The van der Waals surface area contributed by atoms with Crippen molar-refractivity contribution in [3.8, 4) is 0 Å². The standard InChI is InChI=1S/C13H15BrN2O2S2/c1-15-9-8-10-6-7-13(19-10)20(17,18)16-12-5-3-2-4-11(12)14/h2-7,15-16H,8-9H2,1H3. The van der Waals surface area contributed by atoms with Gasteiger partial charge in [-0.3, -0.25) is 4.72 Å². The first kappa shape index (κ1) is 15.5. The van der Waals surface area contributed by atoms with Gasteiger partial charge >= 0.3 is 0 Å². The summed E-state index contributed by atoms with van der Waals surface area (Å²) < 4.78 is 28.3. The first-order valence-electron chi connectivity index (χ1n) is 6.03. The Hall–Kier alpha value is -0.890. The van der Waals surface area contributed by atoms with E-state index in [4.69, 9.17) is 0 Å². The van der Waals surface area contributed by atoms with Gasteiger partial charge in [-0.15, -0.1) is 11.3 Å². The predicted molar refractivity (Wildman–Crippen MR) is 86.9 cm³/mol. The van der Waals surface area contributed by atoms with Crippen molar-refractivity contribution in [3.63, 3.8) is 0 Å². The van der Waals surface area contributed by atoms with Gasteiger partial charge in [0, 0.05) is 9.35 Å². The average molecular weight is 375 g/mol. The van der Waals surface area contributed by atoms with Crippen molar-refractivity contribution in [1.29, 1.82) is 0 Å². The zero-order valence-corrected chi connectivity index (χ0v) is 14.1. The van der Waals surface area contributed by atoms with Crippen molar-refractivity contribution < 1.29 is 8.42 Å². The smallest absolute Gasteiger partial charge is 0.271 e. The van der Waals surface area contributed by atoms with Crippen molar-refractivity contribution in [1.82, 2.24) is 5.32 Å². The highest BCUT2D eigenvalue weighted by atomic mass is 79.9. The Labute approximate surface area is 131 Å². The summed E-state index contributed by atoms with van der Waals surface area (Å²) in [6.07, 6.45) is 0.825. The molecule has 108 valence electrons. The molecule has 1 aromatic heterocycles. The summed E-state index contributed by atoms with van der Waals surface area (Å²) >= 11 is 4.63. The van der Waals surface area contributed by atoms with Gasteiger partial charge in [0.25, 0.3) is 10.0 Å². The SMILES string of the molecule is CNCCc1ccc(S(=O)(=O)Nc2ccccc2Br)s1. The third-order valence-corrected chi connectivity index (χ3v) is 6.34. The van der Waals surface area contributed by atoms with Crippen LogP contribution in [-0.2, 0) is 16.4 Å². The van der Waals surface area contributed by atoms with E-state index in [2.05, 4.69) is 26.0 Å². The molecule has 1 heterocycles. The molecule has 0 radical (unpaired) electrons. The van der Waals surface area contributed by atoms with Crippen LogP contribution in [0.25, 0.3) is 0 Å². The van der Waals surface area contributed by atoms with Crippen molar-refractivity contribution >= 4 is 43.0 Å². The minimum Gasteiger partial charge on any atom is -0.319 e. The lowest BCUT2D eigenvalue weighted by Gasteiger charge is -2.07. The zero-order valence-electron chi connectivity index (χ0n) is 10.9. The number of nitrogens with one attached hydrogen (secondary N) is 2. The van der Waals surface area contributed by atoms with Crippen molar-refractivity contribution in [2.45, 2.75) is 10.6 Å². The topological polar surface area (TPSA) is 58.2 Å². The number of rotatable bonds is 6. The van der Waals surface area contributed by atoms with Crippen LogP contribution in [0.3, 0.4) is 0 Å². The van der Waals surface area contributed by atoms with Crippen LogP contribution in [-0.4, -0.2) is 22.0 Å². The molecule has 0 spiro atoms. The van der Waals surface area contributed by atoms with Crippen LogP contribution in [0.1, 0.15) is 4.88 Å². The number of hydrogen-bond donors (Lipinski definition) is 2. The van der Waals surface area contributed by atoms with Gasteiger partial charge in [-0.1, -0.05) is 12.1 Å². The molecule has 0 fully saturated rings. The number of halogens is 1. The summed E-state index contributed by atoms with van der Waals surface area (Å²) in [5, 5.41) is 3.05. The molecule has 2 N–H and O–H groups in total. The maximum absolute atomic E-state index is 12.3. The van der Waals surface area contributed by atoms with Gasteiger partial charge in [0.05, 0.1) is 5.69 Å². The van der Waals surface area contributed by atoms with E-state index in [1.54, 1.807) is 24.3 Å². The quantitative estimate of drug-likeness (QED) is 0.816. The van der Waals surface area contributed by atoms with Crippen LogP contribution in [0, 0.1) is 0 Å². The van der Waals surface area contributed by atoms with Crippen LogP contribution < -0.4 is 10.0 Å². The van der Waals surface area contributed by atoms with Gasteiger partial charge in [-0.2, -0.15) is 0 Å². The summed E-state index contributed by atoms with van der Waals surface area (Å²) in [5.41, 5.74) is 0.540. The Bertz CT molecular complexity index is 683. The highest BCUT2D eigenvalue weighted by molar-refractivity contribution is 9.10. The molecule has 2 rings (SSSR count). The zero-order chi connectivity index (χ0) is 14.6. The maximum atomic E-state index is 12.3. The maximum Gasteiger partial charge on any atom is 0.271 e. The molecule has 0 aliphatic rings. The van der Waals surface area contributed by atoms with Gasteiger partial charge in [-0.25, -0.2) is 8.42 Å². The molecule has 0 saturated heterocycles. The molecule has 4 nitrogen and oxygen atoms in total. The van der Waals surface area contributed by atoms with Crippen molar-refractivity contribution in [2.24, 2.45) is 0 Å². The lowest BCUT2D eigenvalue weighted by atomic mass is 10.3. The molecular formula is C13H15BrN2O2S2. The first-order chi connectivity index (χ1) is 9.53. The van der Waals surface area contributed by atoms with Crippen LogP contribution in [0.2, 0.25) is 0 Å². The van der Waals surface area contributed by atoms with Gasteiger partial charge in [-0.05, 0) is 60.2 Å². The molecule has 0 saturated carbocycles. The Morgan fingerprint density at radius 3 is 2.65 bits per heavy atom. The number of anilines is 1. The second kappa shape index (κ2) is 6.71. The largest absolute Gasteiger partial charge is 0.319 e. The highest BCUT2D eigenvalue weighted by Crippen LogP contribution is 2.27. The Morgan fingerprint density at radius 2 is 1.95 bits per heavy atom. The van der Waals surface area contributed by atoms with Gasteiger partial charge < -0.3 is 5.32 Å². The molecule has 7 heteroatoms. The fraction of sp³-hybridized carbons (Fsp3) is 0.231.